The van der Waals surface area contributed by atoms with Crippen LogP contribution in [0.15, 0.2) is 48.5 Å². The average molecular weight is 270 g/mol. The van der Waals surface area contributed by atoms with Crippen LogP contribution >= 0.6 is 11.5 Å². The third kappa shape index (κ3) is 2.41. The summed E-state index contributed by atoms with van der Waals surface area (Å²) in [6.45, 7) is 0. The van der Waals surface area contributed by atoms with E-state index in [1.165, 1.54) is 11.5 Å². The van der Waals surface area contributed by atoms with Crippen LogP contribution in [0.1, 0.15) is 0 Å². The molecule has 0 saturated heterocycles. The molecule has 0 fully saturated rings. The van der Waals surface area contributed by atoms with Crippen LogP contribution in [0, 0.1) is 0 Å². The molecule has 0 atom stereocenters. The number of phenolic OH excluding ortho intramolecular Hbond substituents is 2. The van der Waals surface area contributed by atoms with Crippen molar-refractivity contribution in [2.24, 2.45) is 0 Å². The monoisotopic (exact) mass is 270 g/mol. The number of aromatic hydroxyl groups is 2. The molecule has 0 aliphatic heterocycles. The lowest BCUT2D eigenvalue weighted by atomic mass is 10.2. The Balaban J connectivity index is 2.00. The van der Waals surface area contributed by atoms with E-state index in [0.717, 1.165) is 16.1 Å². The molecule has 3 rings (SSSR count). The minimum atomic E-state index is 0.186. The van der Waals surface area contributed by atoms with Gasteiger partial charge in [-0.2, -0.15) is 4.37 Å². The van der Waals surface area contributed by atoms with Crippen molar-refractivity contribution in [2.75, 3.05) is 0 Å². The first-order valence-corrected chi connectivity index (χ1v) is 6.42. The number of rotatable bonds is 2. The molecule has 4 nitrogen and oxygen atoms in total. The molecule has 0 amide bonds. The van der Waals surface area contributed by atoms with E-state index in [2.05, 4.69) is 9.36 Å². The molecule has 0 radical (unpaired) electrons. The van der Waals surface area contributed by atoms with Crippen molar-refractivity contribution in [3.8, 4) is 33.5 Å². The summed E-state index contributed by atoms with van der Waals surface area (Å²) in [4.78, 5) is 4.42. The SMILES string of the molecule is Oc1cccc(-c2nsc(-c3cccc(O)c3)n2)c1. The molecule has 0 saturated carbocycles. The molecule has 2 N–H and O–H groups in total. The summed E-state index contributed by atoms with van der Waals surface area (Å²) in [5.41, 5.74) is 1.59. The van der Waals surface area contributed by atoms with Crippen LogP contribution in [-0.2, 0) is 0 Å². The normalized spacial score (nSPS) is 10.5. The molecule has 3 aromatic rings. The summed E-state index contributed by atoms with van der Waals surface area (Å²) < 4.78 is 4.27. The number of hydrogen-bond donors (Lipinski definition) is 2. The minimum absolute atomic E-state index is 0.186. The highest BCUT2D eigenvalue weighted by molar-refractivity contribution is 7.09. The van der Waals surface area contributed by atoms with Crippen LogP contribution in [0.2, 0.25) is 0 Å². The van der Waals surface area contributed by atoms with Gasteiger partial charge in [0.2, 0.25) is 0 Å². The first-order valence-electron chi connectivity index (χ1n) is 5.65. The van der Waals surface area contributed by atoms with Gasteiger partial charge in [0.05, 0.1) is 0 Å². The highest BCUT2D eigenvalue weighted by atomic mass is 32.1. The van der Waals surface area contributed by atoms with Gasteiger partial charge in [0, 0.05) is 11.1 Å². The number of phenols is 2. The van der Waals surface area contributed by atoms with Crippen LogP contribution in [0.5, 0.6) is 11.5 Å². The lowest BCUT2D eigenvalue weighted by Crippen LogP contribution is -1.81. The summed E-state index contributed by atoms with van der Waals surface area (Å²) in [5, 5.41) is 19.6. The first-order chi connectivity index (χ1) is 9.22. The zero-order valence-corrected chi connectivity index (χ0v) is 10.6. The summed E-state index contributed by atoms with van der Waals surface area (Å²) in [6, 6.07) is 13.7. The Bertz CT molecular complexity index is 665. The number of benzene rings is 2. The van der Waals surface area contributed by atoms with Crippen molar-refractivity contribution in [1.82, 2.24) is 9.36 Å². The van der Waals surface area contributed by atoms with Crippen LogP contribution in [0.3, 0.4) is 0 Å². The van der Waals surface area contributed by atoms with Crippen molar-refractivity contribution in [3.63, 3.8) is 0 Å². The van der Waals surface area contributed by atoms with E-state index in [0.29, 0.717) is 5.82 Å². The molecule has 0 aliphatic carbocycles. The lowest BCUT2D eigenvalue weighted by Gasteiger charge is -1.97. The molecule has 1 aromatic heterocycles. The van der Waals surface area contributed by atoms with Crippen molar-refractivity contribution < 1.29 is 10.2 Å². The first kappa shape index (κ1) is 11.7. The van der Waals surface area contributed by atoms with Gasteiger partial charge >= 0.3 is 0 Å². The van der Waals surface area contributed by atoms with Crippen molar-refractivity contribution in [1.29, 1.82) is 0 Å². The zero-order chi connectivity index (χ0) is 13.2. The van der Waals surface area contributed by atoms with Gasteiger partial charge in [-0.3, -0.25) is 0 Å². The van der Waals surface area contributed by atoms with E-state index in [9.17, 15) is 10.2 Å². The fourth-order valence-corrected chi connectivity index (χ4v) is 2.42. The van der Waals surface area contributed by atoms with E-state index in [1.807, 2.05) is 12.1 Å². The predicted octanol–water partition coefficient (Wildman–Crippen LogP) is 3.28. The maximum Gasteiger partial charge on any atom is 0.173 e. The van der Waals surface area contributed by atoms with E-state index >= 15 is 0 Å². The Morgan fingerprint density at radius 2 is 1.47 bits per heavy atom. The van der Waals surface area contributed by atoms with Crippen LogP contribution in [-0.4, -0.2) is 19.6 Å². The lowest BCUT2D eigenvalue weighted by molar-refractivity contribution is 0.475. The van der Waals surface area contributed by atoms with Crippen LogP contribution in [0.4, 0.5) is 0 Å². The second-order valence-corrected chi connectivity index (χ2v) is 4.78. The van der Waals surface area contributed by atoms with Gasteiger partial charge in [0.25, 0.3) is 0 Å². The molecule has 0 unspecified atom stereocenters. The second-order valence-electron chi connectivity index (χ2n) is 4.02. The molecular weight excluding hydrogens is 260 g/mol. The molecular formula is C14H10N2O2S. The van der Waals surface area contributed by atoms with E-state index in [4.69, 9.17) is 0 Å². The van der Waals surface area contributed by atoms with Gasteiger partial charge in [0.15, 0.2) is 5.82 Å². The smallest absolute Gasteiger partial charge is 0.173 e. The number of hydrogen-bond acceptors (Lipinski definition) is 5. The van der Waals surface area contributed by atoms with Crippen molar-refractivity contribution in [2.45, 2.75) is 0 Å². The second kappa shape index (κ2) is 4.70. The molecule has 0 bridgehead atoms. The highest BCUT2D eigenvalue weighted by Gasteiger charge is 2.09. The average Bonchev–Trinajstić information content (AvgIpc) is 2.88. The topological polar surface area (TPSA) is 66.2 Å². The van der Waals surface area contributed by atoms with Gasteiger partial charge in [-0.15, -0.1) is 0 Å². The van der Waals surface area contributed by atoms with Gasteiger partial charge in [0.1, 0.15) is 16.5 Å². The fraction of sp³-hybridized carbons (Fsp3) is 0. The maximum absolute atomic E-state index is 9.46. The Labute approximate surface area is 113 Å². The molecule has 0 spiro atoms. The van der Waals surface area contributed by atoms with E-state index in [1.54, 1.807) is 36.4 Å². The zero-order valence-electron chi connectivity index (χ0n) is 9.82. The summed E-state index contributed by atoms with van der Waals surface area (Å²) in [6.07, 6.45) is 0. The van der Waals surface area contributed by atoms with Gasteiger partial charge in [-0.25, -0.2) is 4.98 Å². The van der Waals surface area contributed by atoms with Crippen molar-refractivity contribution in [3.05, 3.63) is 48.5 Å². The fourth-order valence-electron chi connectivity index (χ4n) is 1.74. The van der Waals surface area contributed by atoms with Gasteiger partial charge in [-0.1, -0.05) is 24.3 Å². The van der Waals surface area contributed by atoms with Crippen LogP contribution < -0.4 is 0 Å². The van der Waals surface area contributed by atoms with E-state index < -0.39 is 0 Å². The maximum atomic E-state index is 9.46. The highest BCUT2D eigenvalue weighted by Crippen LogP contribution is 2.28. The van der Waals surface area contributed by atoms with Crippen LogP contribution in [0.25, 0.3) is 22.0 Å². The molecule has 2 aromatic carbocycles. The Hall–Kier alpha value is -2.40. The Kier molecular flexibility index (Phi) is 2.89. The third-order valence-corrected chi connectivity index (χ3v) is 3.39. The number of nitrogens with zero attached hydrogens (tertiary/aromatic N) is 2. The Morgan fingerprint density at radius 1 is 0.842 bits per heavy atom. The van der Waals surface area contributed by atoms with Gasteiger partial charge in [-0.05, 0) is 35.8 Å². The van der Waals surface area contributed by atoms with E-state index in [-0.39, 0.29) is 11.5 Å². The summed E-state index contributed by atoms with van der Waals surface area (Å²) in [5.74, 6) is 0.956. The summed E-state index contributed by atoms with van der Waals surface area (Å²) >= 11 is 1.26. The Morgan fingerprint density at radius 3 is 2.16 bits per heavy atom. The molecule has 0 aliphatic rings. The number of aromatic nitrogens is 2. The minimum Gasteiger partial charge on any atom is -0.508 e. The standard InChI is InChI=1S/C14H10N2O2S/c17-11-5-1-3-9(7-11)13-15-14(19-16-13)10-4-2-6-12(18)8-10/h1-8,17-18H. The summed E-state index contributed by atoms with van der Waals surface area (Å²) in [7, 11) is 0. The van der Waals surface area contributed by atoms with Gasteiger partial charge < -0.3 is 10.2 Å². The quantitative estimate of drug-likeness (QED) is 0.750. The molecule has 94 valence electrons. The third-order valence-electron chi connectivity index (χ3n) is 2.62. The largest absolute Gasteiger partial charge is 0.508 e. The molecule has 19 heavy (non-hydrogen) atoms. The molecule has 1 heterocycles. The molecule has 5 heteroatoms. The van der Waals surface area contributed by atoms with Crippen molar-refractivity contribution >= 4 is 11.5 Å². The predicted molar refractivity (Wildman–Crippen MR) is 74.1 cm³/mol.